The van der Waals surface area contributed by atoms with Crippen LogP contribution >= 0.6 is 23.2 Å². The maximum absolute atomic E-state index is 6.05. The fourth-order valence-corrected chi connectivity index (χ4v) is 2.25. The lowest BCUT2D eigenvalue weighted by atomic mass is 10.1. The Morgan fingerprint density at radius 1 is 0.941 bits per heavy atom. The molecule has 0 aliphatic rings. The number of rotatable bonds is 4. The van der Waals surface area contributed by atoms with Crippen molar-refractivity contribution >= 4 is 23.2 Å². The normalized spacial score (nSPS) is 10.5. The van der Waals surface area contributed by atoms with Gasteiger partial charge in [0, 0.05) is 24.8 Å². The van der Waals surface area contributed by atoms with Gasteiger partial charge in [0.25, 0.3) is 0 Å². The number of nitrogens with zero attached hydrogens (tertiary/aromatic N) is 2. The van der Waals surface area contributed by atoms with Crippen LogP contribution in [0.4, 0.5) is 0 Å². The quantitative estimate of drug-likeness (QED) is 0.837. The van der Waals surface area contributed by atoms with Crippen LogP contribution in [0, 0.1) is 0 Å². The van der Waals surface area contributed by atoms with Crippen LogP contribution in [0.1, 0.15) is 17.5 Å². The molecule has 0 saturated carbocycles. The van der Waals surface area contributed by atoms with E-state index < -0.39 is 0 Å². The summed E-state index contributed by atoms with van der Waals surface area (Å²) >= 11 is 12.1. The molecule has 0 atom stereocenters. The van der Waals surface area contributed by atoms with E-state index in [9.17, 15) is 0 Å². The molecule has 0 aliphatic heterocycles. The minimum Gasteiger partial charge on any atom is -0.264 e. The van der Waals surface area contributed by atoms with E-state index in [4.69, 9.17) is 23.2 Å². The van der Waals surface area contributed by atoms with Gasteiger partial charge >= 0.3 is 0 Å². The Hall–Kier alpha value is -1.12. The molecule has 2 nitrogen and oxygen atoms in total. The Kier molecular flexibility index (Phi) is 4.35. The van der Waals surface area contributed by atoms with Crippen molar-refractivity contribution in [2.45, 2.75) is 19.3 Å². The van der Waals surface area contributed by atoms with Crippen LogP contribution in [0.25, 0.3) is 0 Å². The van der Waals surface area contributed by atoms with Gasteiger partial charge in [0.2, 0.25) is 0 Å². The molecule has 0 aliphatic carbocycles. The smallest absolute Gasteiger partial charge is 0.0636 e. The summed E-state index contributed by atoms with van der Waals surface area (Å²) in [5.74, 6) is 0. The second kappa shape index (κ2) is 5.99. The molecular weight excluding hydrogens is 255 g/mol. The molecule has 2 aromatic heterocycles. The molecule has 88 valence electrons. The summed E-state index contributed by atoms with van der Waals surface area (Å²) in [6.45, 7) is 0. The largest absolute Gasteiger partial charge is 0.264 e. The topological polar surface area (TPSA) is 25.8 Å². The minimum absolute atomic E-state index is 0.642. The molecule has 0 unspecified atom stereocenters. The van der Waals surface area contributed by atoms with E-state index in [2.05, 4.69) is 16.0 Å². The van der Waals surface area contributed by atoms with Gasteiger partial charge in [0.1, 0.15) is 0 Å². The predicted molar refractivity (Wildman–Crippen MR) is 70.5 cm³/mol. The Morgan fingerprint density at radius 3 is 2.35 bits per heavy atom. The Bertz CT molecular complexity index is 466. The zero-order chi connectivity index (χ0) is 12.1. The van der Waals surface area contributed by atoms with Crippen LogP contribution in [-0.4, -0.2) is 9.97 Å². The van der Waals surface area contributed by atoms with Crippen LogP contribution in [0.5, 0.6) is 0 Å². The van der Waals surface area contributed by atoms with Crippen molar-refractivity contribution in [1.82, 2.24) is 9.97 Å². The fourth-order valence-electron chi connectivity index (χ4n) is 1.69. The van der Waals surface area contributed by atoms with E-state index in [-0.39, 0.29) is 0 Å². The third-order valence-electron chi connectivity index (χ3n) is 2.57. The molecular formula is C13H12Cl2N2. The maximum atomic E-state index is 6.05. The van der Waals surface area contributed by atoms with Crippen LogP contribution in [-0.2, 0) is 12.8 Å². The lowest BCUT2D eigenvalue weighted by molar-refractivity contribution is 0.816. The molecule has 0 spiro atoms. The van der Waals surface area contributed by atoms with E-state index in [1.807, 2.05) is 12.3 Å². The molecule has 0 amide bonds. The van der Waals surface area contributed by atoms with E-state index in [0.29, 0.717) is 10.0 Å². The molecule has 17 heavy (non-hydrogen) atoms. The van der Waals surface area contributed by atoms with Crippen LogP contribution in [0.2, 0.25) is 10.0 Å². The monoisotopic (exact) mass is 266 g/mol. The van der Waals surface area contributed by atoms with Gasteiger partial charge < -0.3 is 0 Å². The number of hydrogen-bond donors (Lipinski definition) is 0. The molecule has 2 aromatic rings. The van der Waals surface area contributed by atoms with Crippen molar-refractivity contribution in [1.29, 1.82) is 0 Å². The van der Waals surface area contributed by atoms with Crippen molar-refractivity contribution in [3.05, 3.63) is 58.1 Å². The third-order valence-corrected chi connectivity index (χ3v) is 3.22. The van der Waals surface area contributed by atoms with Crippen molar-refractivity contribution in [2.24, 2.45) is 0 Å². The highest BCUT2D eigenvalue weighted by Gasteiger charge is 2.05. The van der Waals surface area contributed by atoms with Crippen molar-refractivity contribution < 1.29 is 0 Å². The highest BCUT2D eigenvalue weighted by atomic mass is 35.5. The van der Waals surface area contributed by atoms with Gasteiger partial charge in [-0.2, -0.15) is 0 Å². The van der Waals surface area contributed by atoms with Crippen LogP contribution in [0.15, 0.2) is 36.9 Å². The van der Waals surface area contributed by atoms with E-state index in [0.717, 1.165) is 24.8 Å². The minimum atomic E-state index is 0.642. The molecule has 0 bridgehead atoms. The van der Waals surface area contributed by atoms with Gasteiger partial charge in [0.15, 0.2) is 0 Å². The predicted octanol–water partition coefficient (Wildman–Crippen LogP) is 3.96. The van der Waals surface area contributed by atoms with Crippen molar-refractivity contribution in [3.8, 4) is 0 Å². The summed E-state index contributed by atoms with van der Waals surface area (Å²) in [5.41, 5.74) is 2.21. The van der Waals surface area contributed by atoms with E-state index in [1.165, 1.54) is 5.56 Å². The lowest BCUT2D eigenvalue weighted by Gasteiger charge is -2.06. The number of aromatic nitrogens is 2. The standard InChI is InChI=1S/C13H12Cl2N2/c14-12-8-17-9-13(15)11(12)5-1-3-10-4-2-6-16-7-10/h2,4,6-9H,1,3,5H2. The number of hydrogen-bond acceptors (Lipinski definition) is 2. The number of aryl methyl sites for hydroxylation is 1. The summed E-state index contributed by atoms with van der Waals surface area (Å²) in [6.07, 6.45) is 9.75. The van der Waals surface area contributed by atoms with Gasteiger partial charge in [-0.05, 0) is 36.5 Å². The highest BCUT2D eigenvalue weighted by molar-refractivity contribution is 6.35. The molecule has 0 aromatic carbocycles. The van der Waals surface area contributed by atoms with Gasteiger partial charge in [-0.1, -0.05) is 29.3 Å². The lowest BCUT2D eigenvalue weighted by Crippen LogP contribution is -1.93. The second-order valence-corrected chi connectivity index (χ2v) is 4.61. The Labute approximate surface area is 111 Å². The molecule has 0 saturated heterocycles. The average molecular weight is 267 g/mol. The SMILES string of the molecule is Clc1cncc(Cl)c1CCCc1cccnc1. The molecule has 4 heteroatoms. The van der Waals surface area contributed by atoms with Crippen molar-refractivity contribution in [3.63, 3.8) is 0 Å². The highest BCUT2D eigenvalue weighted by Crippen LogP contribution is 2.24. The first-order chi connectivity index (χ1) is 8.27. The van der Waals surface area contributed by atoms with Crippen LogP contribution < -0.4 is 0 Å². The first-order valence-electron chi connectivity index (χ1n) is 5.44. The summed E-state index contributed by atoms with van der Waals surface area (Å²) in [7, 11) is 0. The molecule has 2 rings (SSSR count). The summed E-state index contributed by atoms with van der Waals surface area (Å²) in [4.78, 5) is 8.02. The zero-order valence-corrected chi connectivity index (χ0v) is 10.7. The Balaban J connectivity index is 1.95. The van der Waals surface area contributed by atoms with Gasteiger partial charge in [-0.3, -0.25) is 9.97 Å². The summed E-state index contributed by atoms with van der Waals surface area (Å²) < 4.78 is 0. The molecule has 2 heterocycles. The van der Waals surface area contributed by atoms with Crippen LogP contribution in [0.3, 0.4) is 0 Å². The van der Waals surface area contributed by atoms with Gasteiger partial charge in [-0.15, -0.1) is 0 Å². The summed E-state index contributed by atoms with van der Waals surface area (Å²) in [5, 5.41) is 1.28. The number of halogens is 2. The summed E-state index contributed by atoms with van der Waals surface area (Å²) in [6, 6.07) is 4.02. The fraction of sp³-hybridized carbons (Fsp3) is 0.231. The zero-order valence-electron chi connectivity index (χ0n) is 9.24. The van der Waals surface area contributed by atoms with E-state index in [1.54, 1.807) is 18.6 Å². The molecule has 0 N–H and O–H groups in total. The van der Waals surface area contributed by atoms with Crippen molar-refractivity contribution in [2.75, 3.05) is 0 Å². The first kappa shape index (κ1) is 12.3. The molecule has 0 fully saturated rings. The maximum Gasteiger partial charge on any atom is 0.0636 e. The van der Waals surface area contributed by atoms with Gasteiger partial charge in [-0.25, -0.2) is 0 Å². The molecule has 0 radical (unpaired) electrons. The third kappa shape index (κ3) is 3.42. The number of pyridine rings is 2. The van der Waals surface area contributed by atoms with E-state index >= 15 is 0 Å². The second-order valence-electron chi connectivity index (χ2n) is 3.80. The van der Waals surface area contributed by atoms with Gasteiger partial charge in [0.05, 0.1) is 10.0 Å². The first-order valence-corrected chi connectivity index (χ1v) is 6.20. The average Bonchev–Trinajstić information content (AvgIpc) is 2.34. The Morgan fingerprint density at radius 2 is 1.71 bits per heavy atom.